The van der Waals surface area contributed by atoms with E-state index >= 15 is 0 Å². The molecule has 2 aromatic carbocycles. The van der Waals surface area contributed by atoms with Crippen LogP contribution in [0.4, 0.5) is 10.7 Å². The fourth-order valence-electron chi connectivity index (χ4n) is 2.69. The van der Waals surface area contributed by atoms with E-state index < -0.39 is 17.8 Å². The second-order valence-corrected chi connectivity index (χ2v) is 7.99. The van der Waals surface area contributed by atoms with Gasteiger partial charge in [0.1, 0.15) is 5.00 Å². The Labute approximate surface area is 186 Å². The first-order valence-electron chi connectivity index (χ1n) is 8.66. The predicted octanol–water partition coefficient (Wildman–Crippen LogP) is 5.65. The Hall–Kier alpha value is -2.87. The molecule has 0 aliphatic heterocycles. The van der Waals surface area contributed by atoms with Gasteiger partial charge in [-0.2, -0.15) is 0 Å². The third kappa shape index (κ3) is 4.64. The van der Waals surface area contributed by atoms with Crippen molar-refractivity contribution in [3.63, 3.8) is 0 Å². The molecular weight excluding hydrogens is 447 g/mol. The third-order valence-corrected chi connectivity index (χ3v) is 6.13. The second kappa shape index (κ2) is 9.30. The summed E-state index contributed by atoms with van der Waals surface area (Å²) in [5.74, 6) is -1.56. The van der Waals surface area contributed by atoms with E-state index in [0.29, 0.717) is 16.3 Å². The molecule has 0 radical (unpaired) electrons. The number of hydrogen-bond acceptors (Lipinski definition) is 5. The minimum atomic E-state index is -0.660. The number of hydrogen-bond donors (Lipinski definition) is 2. The van der Waals surface area contributed by atoms with Crippen LogP contribution in [0, 0.1) is 6.92 Å². The number of carbonyl (C=O) groups excluding carboxylic acids is 3. The molecule has 3 rings (SSSR count). The zero-order valence-corrected chi connectivity index (χ0v) is 18.2. The SMILES string of the molecule is COC(=O)c1c(NC(=O)c2ccc(Cl)c(Cl)c2)sc(C(=O)Nc2ccccc2)c1C. The van der Waals surface area contributed by atoms with Gasteiger partial charge < -0.3 is 15.4 Å². The molecule has 2 amide bonds. The molecule has 6 nitrogen and oxygen atoms in total. The highest BCUT2D eigenvalue weighted by atomic mass is 35.5. The molecule has 9 heteroatoms. The molecule has 30 heavy (non-hydrogen) atoms. The highest BCUT2D eigenvalue weighted by Crippen LogP contribution is 2.35. The molecule has 0 spiro atoms. The van der Waals surface area contributed by atoms with Crippen molar-refractivity contribution in [3.05, 3.63) is 80.1 Å². The van der Waals surface area contributed by atoms with E-state index in [4.69, 9.17) is 27.9 Å². The van der Waals surface area contributed by atoms with E-state index in [1.165, 1.54) is 25.3 Å². The quantitative estimate of drug-likeness (QED) is 0.479. The van der Waals surface area contributed by atoms with Crippen molar-refractivity contribution in [1.29, 1.82) is 0 Å². The fourth-order valence-corrected chi connectivity index (χ4v) is 4.07. The summed E-state index contributed by atoms with van der Waals surface area (Å²) in [4.78, 5) is 38.0. The van der Waals surface area contributed by atoms with Crippen molar-refractivity contribution in [3.8, 4) is 0 Å². The summed E-state index contributed by atoms with van der Waals surface area (Å²) < 4.78 is 4.84. The molecule has 3 aromatic rings. The van der Waals surface area contributed by atoms with Crippen LogP contribution in [-0.4, -0.2) is 24.9 Å². The van der Waals surface area contributed by atoms with Crippen LogP contribution in [0.25, 0.3) is 0 Å². The van der Waals surface area contributed by atoms with Crippen LogP contribution in [0.2, 0.25) is 10.0 Å². The number of thiophene rings is 1. The monoisotopic (exact) mass is 462 g/mol. The summed E-state index contributed by atoms with van der Waals surface area (Å²) in [7, 11) is 1.23. The standard InChI is InChI=1S/C21H16Cl2N2O4S/c1-11-16(21(28)29-2)20(25-18(26)12-8-9-14(22)15(23)10-12)30-17(11)19(27)24-13-6-4-3-5-7-13/h3-10H,1-2H3,(H,24,27)(H,25,26). The number of amides is 2. The zero-order chi connectivity index (χ0) is 21.8. The maximum Gasteiger partial charge on any atom is 0.341 e. The molecule has 0 aliphatic rings. The van der Waals surface area contributed by atoms with Crippen molar-refractivity contribution in [2.24, 2.45) is 0 Å². The van der Waals surface area contributed by atoms with Gasteiger partial charge in [-0.25, -0.2) is 4.79 Å². The Kier molecular flexibility index (Phi) is 6.77. The lowest BCUT2D eigenvalue weighted by molar-refractivity contribution is 0.0601. The lowest BCUT2D eigenvalue weighted by atomic mass is 10.1. The van der Waals surface area contributed by atoms with E-state index in [0.717, 1.165) is 11.3 Å². The van der Waals surface area contributed by atoms with E-state index in [1.54, 1.807) is 31.2 Å². The number of esters is 1. The lowest BCUT2D eigenvalue weighted by Gasteiger charge is -2.07. The smallest absolute Gasteiger partial charge is 0.341 e. The maximum absolute atomic E-state index is 12.8. The van der Waals surface area contributed by atoms with Crippen LogP contribution >= 0.6 is 34.5 Å². The van der Waals surface area contributed by atoms with Crippen LogP contribution in [0.5, 0.6) is 0 Å². The van der Waals surface area contributed by atoms with Crippen molar-refractivity contribution < 1.29 is 19.1 Å². The Bertz CT molecular complexity index is 1130. The molecule has 0 saturated heterocycles. The zero-order valence-electron chi connectivity index (χ0n) is 15.9. The van der Waals surface area contributed by atoms with Crippen molar-refractivity contribution in [2.45, 2.75) is 6.92 Å². The summed E-state index contributed by atoms with van der Waals surface area (Å²) in [5, 5.41) is 6.18. The lowest BCUT2D eigenvalue weighted by Crippen LogP contribution is -2.14. The van der Waals surface area contributed by atoms with Crippen LogP contribution in [0.15, 0.2) is 48.5 Å². The van der Waals surface area contributed by atoms with Crippen LogP contribution < -0.4 is 10.6 Å². The summed E-state index contributed by atoms with van der Waals surface area (Å²) in [6, 6.07) is 13.3. The first-order valence-corrected chi connectivity index (χ1v) is 10.2. The number of rotatable bonds is 5. The number of methoxy groups -OCH3 is 1. The first kappa shape index (κ1) is 21.8. The minimum Gasteiger partial charge on any atom is -0.465 e. The van der Waals surface area contributed by atoms with Crippen molar-refractivity contribution in [2.75, 3.05) is 17.7 Å². The number of nitrogens with one attached hydrogen (secondary N) is 2. The van der Waals surface area contributed by atoms with Crippen molar-refractivity contribution in [1.82, 2.24) is 0 Å². The summed E-state index contributed by atoms with van der Waals surface area (Å²) in [5.41, 5.74) is 1.39. The van der Waals surface area contributed by atoms with Crippen molar-refractivity contribution >= 4 is 63.0 Å². The topological polar surface area (TPSA) is 84.5 Å². The number of para-hydroxylation sites is 1. The van der Waals surface area contributed by atoms with Gasteiger partial charge >= 0.3 is 5.97 Å². The molecule has 0 atom stereocenters. The number of benzene rings is 2. The summed E-state index contributed by atoms with van der Waals surface area (Å²) in [6.07, 6.45) is 0. The molecule has 1 aromatic heterocycles. The van der Waals surface area contributed by atoms with E-state index in [1.807, 2.05) is 6.07 Å². The third-order valence-electron chi connectivity index (χ3n) is 4.18. The highest BCUT2D eigenvalue weighted by molar-refractivity contribution is 7.19. The van der Waals surface area contributed by atoms with Gasteiger partial charge in [-0.15, -0.1) is 11.3 Å². The summed E-state index contributed by atoms with van der Waals surface area (Å²) in [6.45, 7) is 1.62. The number of carbonyl (C=O) groups is 3. The molecule has 0 bridgehead atoms. The Balaban J connectivity index is 1.94. The van der Waals surface area contributed by atoms with Gasteiger partial charge in [0, 0.05) is 11.3 Å². The molecule has 1 heterocycles. The van der Waals surface area contributed by atoms with Gasteiger partial charge in [0.05, 0.1) is 27.6 Å². The predicted molar refractivity (Wildman–Crippen MR) is 119 cm³/mol. The fraction of sp³-hybridized carbons (Fsp3) is 0.0952. The van der Waals surface area contributed by atoms with Gasteiger partial charge in [-0.05, 0) is 42.8 Å². The average Bonchev–Trinajstić information content (AvgIpc) is 3.06. The Morgan fingerprint density at radius 2 is 1.63 bits per heavy atom. The number of halogens is 2. The highest BCUT2D eigenvalue weighted by Gasteiger charge is 2.26. The summed E-state index contributed by atoms with van der Waals surface area (Å²) >= 11 is 12.8. The molecule has 0 aliphatic carbocycles. The molecule has 0 unspecified atom stereocenters. The van der Waals surface area contributed by atoms with Gasteiger partial charge in [-0.3, -0.25) is 9.59 Å². The second-order valence-electron chi connectivity index (χ2n) is 6.16. The largest absolute Gasteiger partial charge is 0.465 e. The molecule has 2 N–H and O–H groups in total. The van der Waals surface area contributed by atoms with Crippen LogP contribution in [-0.2, 0) is 4.74 Å². The van der Waals surface area contributed by atoms with Gasteiger partial charge in [0.25, 0.3) is 11.8 Å². The maximum atomic E-state index is 12.8. The van der Waals surface area contributed by atoms with E-state index in [9.17, 15) is 14.4 Å². The Morgan fingerprint density at radius 1 is 0.933 bits per heavy atom. The van der Waals surface area contributed by atoms with E-state index in [2.05, 4.69) is 10.6 Å². The van der Waals surface area contributed by atoms with Crippen LogP contribution in [0.3, 0.4) is 0 Å². The normalized spacial score (nSPS) is 10.4. The van der Waals surface area contributed by atoms with Crippen LogP contribution in [0.1, 0.15) is 36.0 Å². The molecule has 154 valence electrons. The number of anilines is 2. The molecule has 0 fully saturated rings. The van der Waals surface area contributed by atoms with Gasteiger partial charge in [-0.1, -0.05) is 41.4 Å². The number of ether oxygens (including phenoxy) is 1. The minimum absolute atomic E-state index is 0.120. The van der Waals surface area contributed by atoms with E-state index in [-0.39, 0.29) is 26.0 Å². The Morgan fingerprint density at radius 3 is 2.27 bits per heavy atom. The molecular formula is C21H16Cl2N2O4S. The first-order chi connectivity index (χ1) is 14.3. The molecule has 0 saturated carbocycles. The average molecular weight is 463 g/mol. The van der Waals surface area contributed by atoms with Gasteiger partial charge in [0.2, 0.25) is 0 Å². The van der Waals surface area contributed by atoms with Gasteiger partial charge in [0.15, 0.2) is 0 Å².